The molecule has 25 heavy (non-hydrogen) atoms. The maximum atomic E-state index is 12.1. The van der Waals surface area contributed by atoms with Crippen LogP contribution in [0, 0.1) is 0 Å². The first-order valence-electron chi connectivity index (χ1n) is 7.83. The molecule has 6 nitrogen and oxygen atoms in total. The van der Waals surface area contributed by atoms with E-state index < -0.39 is 11.7 Å². The van der Waals surface area contributed by atoms with Gasteiger partial charge < -0.3 is 9.47 Å². The van der Waals surface area contributed by atoms with Gasteiger partial charge in [-0.05, 0) is 36.4 Å². The summed E-state index contributed by atoms with van der Waals surface area (Å²) in [6.07, 6.45) is 0. The molecule has 0 N–H and O–H groups in total. The summed E-state index contributed by atoms with van der Waals surface area (Å²) in [7, 11) is 0. The van der Waals surface area contributed by atoms with Crippen molar-refractivity contribution in [2.45, 2.75) is 26.5 Å². The minimum atomic E-state index is -1.08. The number of benzene rings is 2. The van der Waals surface area contributed by atoms with Crippen molar-refractivity contribution in [1.82, 2.24) is 5.01 Å². The molecule has 0 fully saturated rings. The molecule has 1 amide bonds. The third kappa shape index (κ3) is 3.24. The Kier molecular flexibility index (Phi) is 4.27. The second-order valence-corrected chi connectivity index (χ2v) is 5.80. The summed E-state index contributed by atoms with van der Waals surface area (Å²) in [4.78, 5) is 23.1. The zero-order valence-electron chi connectivity index (χ0n) is 14.2. The average Bonchev–Trinajstić information content (AvgIpc) is 2.95. The topological polar surface area (TPSA) is 68.2 Å². The normalized spacial score (nSPS) is 19.2. The van der Waals surface area contributed by atoms with Gasteiger partial charge in [0, 0.05) is 31.9 Å². The first-order chi connectivity index (χ1) is 11.9. The monoisotopic (exact) mass is 338 g/mol. The Morgan fingerprint density at radius 2 is 1.68 bits per heavy atom. The number of nitrogens with zero attached hydrogens (tertiary/aromatic N) is 2. The molecule has 0 aromatic heterocycles. The van der Waals surface area contributed by atoms with E-state index in [1.807, 2.05) is 30.3 Å². The number of ether oxygens (including phenoxy) is 2. The molecule has 3 rings (SSSR count). The van der Waals surface area contributed by atoms with E-state index in [4.69, 9.17) is 9.47 Å². The summed E-state index contributed by atoms with van der Waals surface area (Å²) in [6.45, 7) is 4.55. The number of hydrogen-bond donors (Lipinski definition) is 0. The van der Waals surface area contributed by atoms with Crippen molar-refractivity contribution < 1.29 is 19.1 Å². The third-order valence-electron chi connectivity index (χ3n) is 3.86. The van der Waals surface area contributed by atoms with Gasteiger partial charge in [-0.2, -0.15) is 5.01 Å². The molecule has 0 saturated heterocycles. The number of carbonyl (C=O) groups is 2. The first-order valence-corrected chi connectivity index (χ1v) is 7.83. The number of rotatable bonds is 3. The molecule has 0 aliphatic carbocycles. The minimum Gasteiger partial charge on any atom is -0.443 e. The smallest absolute Gasteiger partial charge is 0.308 e. The van der Waals surface area contributed by atoms with E-state index in [1.165, 1.54) is 18.9 Å². The lowest BCUT2D eigenvalue weighted by Crippen LogP contribution is -2.41. The standard InChI is InChI=1S/C19H18N2O4/c1-13(22)21-19(3,16-9-11-17(12-10-16)24-14(2)23)25-18(20-21)15-7-5-4-6-8-15/h4-12H,1-3H3/t19-/m0/s1. The van der Waals surface area contributed by atoms with E-state index in [-0.39, 0.29) is 5.91 Å². The molecule has 6 heteroatoms. The van der Waals surface area contributed by atoms with Gasteiger partial charge >= 0.3 is 5.97 Å². The highest BCUT2D eigenvalue weighted by Crippen LogP contribution is 2.37. The molecular weight excluding hydrogens is 320 g/mol. The van der Waals surface area contributed by atoms with E-state index in [1.54, 1.807) is 31.2 Å². The lowest BCUT2D eigenvalue weighted by Gasteiger charge is -2.31. The van der Waals surface area contributed by atoms with Crippen molar-refractivity contribution >= 4 is 17.8 Å². The van der Waals surface area contributed by atoms with Crippen LogP contribution in [-0.2, 0) is 20.1 Å². The molecule has 0 saturated carbocycles. The molecule has 128 valence electrons. The Bertz CT molecular complexity index is 830. The lowest BCUT2D eigenvalue weighted by atomic mass is 10.0. The molecule has 0 bridgehead atoms. The molecule has 1 atom stereocenters. The van der Waals surface area contributed by atoms with Crippen molar-refractivity contribution in [2.75, 3.05) is 0 Å². The summed E-state index contributed by atoms with van der Waals surface area (Å²) >= 11 is 0. The van der Waals surface area contributed by atoms with Gasteiger partial charge in [-0.15, -0.1) is 5.10 Å². The second kappa shape index (κ2) is 6.39. The largest absolute Gasteiger partial charge is 0.443 e. The van der Waals surface area contributed by atoms with Crippen LogP contribution in [0.25, 0.3) is 0 Å². The fourth-order valence-electron chi connectivity index (χ4n) is 2.69. The SMILES string of the molecule is CC(=O)Oc1ccc([C@]2(C)OC(c3ccccc3)=NN2C(C)=O)cc1. The van der Waals surface area contributed by atoms with E-state index in [0.717, 1.165) is 5.56 Å². The fraction of sp³-hybridized carbons (Fsp3) is 0.211. The summed E-state index contributed by atoms with van der Waals surface area (Å²) in [6, 6.07) is 16.2. The minimum absolute atomic E-state index is 0.238. The van der Waals surface area contributed by atoms with Crippen molar-refractivity contribution in [3.8, 4) is 5.75 Å². The molecule has 0 radical (unpaired) electrons. The third-order valence-corrected chi connectivity index (χ3v) is 3.86. The number of esters is 1. The van der Waals surface area contributed by atoms with Gasteiger partial charge in [0.05, 0.1) is 0 Å². The predicted molar refractivity (Wildman–Crippen MR) is 91.7 cm³/mol. The quantitative estimate of drug-likeness (QED) is 0.637. The fourth-order valence-corrected chi connectivity index (χ4v) is 2.69. The van der Waals surface area contributed by atoms with Crippen LogP contribution in [0.4, 0.5) is 0 Å². The molecule has 0 unspecified atom stereocenters. The number of hydrazone groups is 1. The molecule has 1 heterocycles. The van der Waals surface area contributed by atoms with Crippen molar-refractivity contribution in [1.29, 1.82) is 0 Å². The number of hydrogen-bond acceptors (Lipinski definition) is 5. The number of carbonyl (C=O) groups excluding carboxylic acids is 2. The van der Waals surface area contributed by atoms with Crippen LogP contribution in [0.1, 0.15) is 31.9 Å². The van der Waals surface area contributed by atoms with Gasteiger partial charge in [-0.25, -0.2) is 0 Å². The first kappa shape index (κ1) is 16.7. The van der Waals surface area contributed by atoms with Crippen molar-refractivity contribution in [2.24, 2.45) is 5.10 Å². The highest BCUT2D eigenvalue weighted by Gasteiger charge is 2.44. The molecule has 2 aromatic carbocycles. The Labute approximate surface area is 145 Å². The zero-order chi connectivity index (χ0) is 18.0. The molecular formula is C19H18N2O4. The van der Waals surface area contributed by atoms with E-state index >= 15 is 0 Å². The van der Waals surface area contributed by atoms with Crippen molar-refractivity contribution in [3.63, 3.8) is 0 Å². The lowest BCUT2D eigenvalue weighted by molar-refractivity contribution is -0.146. The zero-order valence-corrected chi connectivity index (χ0v) is 14.2. The van der Waals surface area contributed by atoms with Crippen molar-refractivity contribution in [3.05, 3.63) is 65.7 Å². The van der Waals surface area contributed by atoms with Gasteiger partial charge in [0.15, 0.2) is 0 Å². The highest BCUT2D eigenvalue weighted by molar-refractivity contribution is 5.96. The molecule has 1 aliphatic heterocycles. The summed E-state index contributed by atoms with van der Waals surface area (Å²) in [5.41, 5.74) is 0.425. The Morgan fingerprint density at radius 3 is 2.24 bits per heavy atom. The predicted octanol–water partition coefficient (Wildman–Crippen LogP) is 3.03. The van der Waals surface area contributed by atoms with Gasteiger partial charge in [0.1, 0.15) is 5.75 Å². The van der Waals surface area contributed by atoms with Crippen LogP contribution in [0.5, 0.6) is 5.75 Å². The average molecular weight is 338 g/mol. The Morgan fingerprint density at radius 1 is 1.04 bits per heavy atom. The van der Waals surface area contributed by atoms with E-state index in [2.05, 4.69) is 5.10 Å². The molecule has 2 aromatic rings. The summed E-state index contributed by atoms with van der Waals surface area (Å²) in [5.74, 6) is 0.174. The van der Waals surface area contributed by atoms with Crippen LogP contribution in [0.15, 0.2) is 59.7 Å². The van der Waals surface area contributed by atoms with Crippen LogP contribution in [0.2, 0.25) is 0 Å². The van der Waals surface area contributed by atoms with Crippen LogP contribution < -0.4 is 4.74 Å². The Balaban J connectivity index is 1.94. The molecule has 1 aliphatic rings. The van der Waals surface area contributed by atoms with Crippen LogP contribution >= 0.6 is 0 Å². The van der Waals surface area contributed by atoms with Gasteiger partial charge in [-0.1, -0.05) is 18.2 Å². The highest BCUT2D eigenvalue weighted by atomic mass is 16.6. The van der Waals surface area contributed by atoms with Gasteiger partial charge in [0.25, 0.3) is 0 Å². The van der Waals surface area contributed by atoms with E-state index in [0.29, 0.717) is 17.2 Å². The van der Waals surface area contributed by atoms with Gasteiger partial charge in [-0.3, -0.25) is 9.59 Å². The van der Waals surface area contributed by atoms with E-state index in [9.17, 15) is 9.59 Å². The van der Waals surface area contributed by atoms with Gasteiger partial charge in [0.2, 0.25) is 17.5 Å². The van der Waals surface area contributed by atoms with Crippen LogP contribution in [-0.4, -0.2) is 22.8 Å². The van der Waals surface area contributed by atoms with Crippen LogP contribution in [0.3, 0.4) is 0 Å². The second-order valence-electron chi connectivity index (χ2n) is 5.80. The summed E-state index contributed by atoms with van der Waals surface area (Å²) in [5, 5.41) is 5.67. The maximum Gasteiger partial charge on any atom is 0.308 e. The Hall–Kier alpha value is -3.15. The summed E-state index contributed by atoms with van der Waals surface area (Å²) < 4.78 is 11.1. The number of amides is 1. The molecule has 0 spiro atoms. The maximum absolute atomic E-state index is 12.1.